The monoisotopic (exact) mass is 182 g/mol. The molecule has 0 aromatic heterocycles. The molecular weight excluding hydrogens is 172 g/mol. The van der Waals surface area contributed by atoms with Crippen LogP contribution in [0, 0.1) is 0 Å². The van der Waals surface area contributed by atoms with E-state index in [4.69, 9.17) is 15.3 Å². The highest BCUT2D eigenvalue weighted by molar-refractivity contribution is 7.80. The van der Waals surface area contributed by atoms with Crippen molar-refractivity contribution in [2.24, 2.45) is 0 Å². The SMILES string of the molecule is O=C(CO)OC(S)C(O)CO. The quantitative estimate of drug-likeness (QED) is 0.232. The number of aliphatic hydroxyl groups excluding tert-OH is 3. The normalized spacial score (nSPS) is 15.6. The summed E-state index contributed by atoms with van der Waals surface area (Å²) in [5.41, 5.74) is -1.10. The lowest BCUT2D eigenvalue weighted by Gasteiger charge is -2.15. The number of carbonyl (C=O) groups excluding carboxylic acids is 1. The van der Waals surface area contributed by atoms with Crippen LogP contribution in [-0.2, 0) is 9.53 Å². The van der Waals surface area contributed by atoms with Gasteiger partial charge in [0.2, 0.25) is 0 Å². The number of hydrogen-bond acceptors (Lipinski definition) is 6. The van der Waals surface area contributed by atoms with Crippen molar-refractivity contribution in [2.45, 2.75) is 11.5 Å². The Kier molecular flexibility index (Phi) is 5.22. The highest BCUT2D eigenvalue weighted by atomic mass is 32.1. The Morgan fingerprint density at radius 3 is 2.45 bits per heavy atom. The zero-order valence-corrected chi connectivity index (χ0v) is 6.57. The van der Waals surface area contributed by atoms with E-state index < -0.39 is 30.7 Å². The van der Waals surface area contributed by atoms with Crippen molar-refractivity contribution in [3.8, 4) is 0 Å². The zero-order chi connectivity index (χ0) is 8.85. The molecule has 0 heterocycles. The number of hydrogen-bond donors (Lipinski definition) is 4. The largest absolute Gasteiger partial charge is 0.447 e. The van der Waals surface area contributed by atoms with Gasteiger partial charge in [-0.05, 0) is 0 Å². The molecule has 0 aromatic carbocycles. The minimum absolute atomic E-state index is 0.549. The van der Waals surface area contributed by atoms with Crippen LogP contribution in [-0.4, -0.2) is 46.0 Å². The zero-order valence-electron chi connectivity index (χ0n) is 5.67. The Morgan fingerprint density at radius 1 is 1.55 bits per heavy atom. The van der Waals surface area contributed by atoms with Crippen LogP contribution >= 0.6 is 12.6 Å². The molecule has 3 N–H and O–H groups in total. The molecule has 0 spiro atoms. The number of esters is 1. The van der Waals surface area contributed by atoms with E-state index in [1.807, 2.05) is 0 Å². The molecular formula is C5H10O5S. The van der Waals surface area contributed by atoms with Crippen LogP contribution in [0.3, 0.4) is 0 Å². The molecule has 0 fully saturated rings. The Labute approximate surface area is 69.0 Å². The second kappa shape index (κ2) is 5.36. The van der Waals surface area contributed by atoms with Gasteiger partial charge in [-0.3, -0.25) is 0 Å². The second-order valence-corrected chi connectivity index (χ2v) is 2.30. The highest BCUT2D eigenvalue weighted by Crippen LogP contribution is 2.03. The van der Waals surface area contributed by atoms with Gasteiger partial charge in [-0.15, -0.1) is 12.6 Å². The van der Waals surface area contributed by atoms with Gasteiger partial charge in [0, 0.05) is 0 Å². The summed E-state index contributed by atoms with van der Waals surface area (Å²) < 4.78 is 4.32. The van der Waals surface area contributed by atoms with Crippen LogP contribution in [0.4, 0.5) is 0 Å². The Bertz CT molecular complexity index is 128. The summed E-state index contributed by atoms with van der Waals surface area (Å²) in [6.07, 6.45) is -1.23. The summed E-state index contributed by atoms with van der Waals surface area (Å²) in [5, 5.41) is 25.3. The average molecular weight is 182 g/mol. The fourth-order valence-corrected chi connectivity index (χ4v) is 0.553. The van der Waals surface area contributed by atoms with E-state index in [0.29, 0.717) is 0 Å². The summed E-state index contributed by atoms with van der Waals surface area (Å²) in [5.74, 6) is -0.891. The van der Waals surface area contributed by atoms with Crippen LogP contribution in [0.25, 0.3) is 0 Å². The number of carbonyl (C=O) groups is 1. The van der Waals surface area contributed by atoms with E-state index in [1.54, 1.807) is 0 Å². The molecule has 0 saturated heterocycles. The minimum atomic E-state index is -1.23. The molecule has 0 radical (unpaired) electrons. The minimum Gasteiger partial charge on any atom is -0.447 e. The van der Waals surface area contributed by atoms with E-state index in [-0.39, 0.29) is 0 Å². The lowest BCUT2D eigenvalue weighted by Crippen LogP contribution is -2.30. The fourth-order valence-electron chi connectivity index (χ4n) is 0.341. The number of thiol groups is 1. The third-order valence-electron chi connectivity index (χ3n) is 0.898. The predicted octanol–water partition coefficient (Wildman–Crippen LogP) is -1.87. The van der Waals surface area contributed by atoms with Crippen molar-refractivity contribution in [1.29, 1.82) is 0 Å². The first kappa shape index (κ1) is 10.7. The van der Waals surface area contributed by atoms with Gasteiger partial charge in [-0.2, -0.15) is 0 Å². The van der Waals surface area contributed by atoms with Gasteiger partial charge in [0.05, 0.1) is 6.61 Å². The summed E-state index contributed by atoms with van der Waals surface area (Å²) in [6, 6.07) is 0. The maximum absolute atomic E-state index is 10.3. The molecule has 0 aliphatic carbocycles. The highest BCUT2D eigenvalue weighted by Gasteiger charge is 2.17. The molecule has 11 heavy (non-hydrogen) atoms. The molecule has 2 atom stereocenters. The van der Waals surface area contributed by atoms with Gasteiger partial charge in [0.15, 0.2) is 5.44 Å². The van der Waals surface area contributed by atoms with E-state index in [0.717, 1.165) is 0 Å². The molecule has 0 aliphatic rings. The molecule has 0 amide bonds. The van der Waals surface area contributed by atoms with Crippen molar-refractivity contribution < 1.29 is 24.9 Å². The van der Waals surface area contributed by atoms with Crippen molar-refractivity contribution in [1.82, 2.24) is 0 Å². The van der Waals surface area contributed by atoms with E-state index in [9.17, 15) is 4.79 Å². The summed E-state index contributed by atoms with van der Waals surface area (Å²) in [4.78, 5) is 10.3. The third kappa shape index (κ3) is 4.20. The van der Waals surface area contributed by atoms with E-state index in [1.165, 1.54) is 0 Å². The fraction of sp³-hybridized carbons (Fsp3) is 0.800. The first-order chi connectivity index (χ1) is 5.11. The third-order valence-corrected chi connectivity index (χ3v) is 1.35. The molecule has 0 aliphatic heterocycles. The number of rotatable bonds is 4. The van der Waals surface area contributed by atoms with Crippen molar-refractivity contribution >= 4 is 18.6 Å². The molecule has 2 unspecified atom stereocenters. The van der Waals surface area contributed by atoms with Gasteiger partial charge < -0.3 is 20.1 Å². The van der Waals surface area contributed by atoms with Gasteiger partial charge >= 0.3 is 5.97 Å². The number of aliphatic hydroxyl groups is 3. The van der Waals surface area contributed by atoms with Gasteiger partial charge in [-0.1, -0.05) is 0 Å². The van der Waals surface area contributed by atoms with E-state index >= 15 is 0 Å². The molecule has 66 valence electrons. The van der Waals surface area contributed by atoms with Gasteiger partial charge in [0.25, 0.3) is 0 Å². The molecule has 0 rings (SSSR count). The maximum atomic E-state index is 10.3. The Morgan fingerprint density at radius 2 is 2.09 bits per heavy atom. The lowest BCUT2D eigenvalue weighted by molar-refractivity contribution is -0.152. The van der Waals surface area contributed by atoms with Gasteiger partial charge in [-0.25, -0.2) is 4.79 Å². The standard InChI is InChI=1S/C5H10O5S/c6-1-3(8)5(11)10-4(9)2-7/h3,5-8,11H,1-2H2. The maximum Gasteiger partial charge on any atom is 0.332 e. The average Bonchev–Trinajstić information content (AvgIpc) is 2.02. The van der Waals surface area contributed by atoms with Crippen LogP contribution in [0.2, 0.25) is 0 Å². The molecule has 0 saturated carbocycles. The van der Waals surface area contributed by atoms with Crippen LogP contribution < -0.4 is 0 Å². The van der Waals surface area contributed by atoms with Crippen molar-refractivity contribution in [3.63, 3.8) is 0 Å². The summed E-state index contributed by atoms with van der Waals surface area (Å²) >= 11 is 3.63. The summed E-state index contributed by atoms with van der Waals surface area (Å²) in [6.45, 7) is -1.32. The van der Waals surface area contributed by atoms with Crippen LogP contribution in [0.5, 0.6) is 0 Å². The van der Waals surface area contributed by atoms with Crippen LogP contribution in [0.15, 0.2) is 0 Å². The first-order valence-electron chi connectivity index (χ1n) is 2.89. The van der Waals surface area contributed by atoms with Crippen molar-refractivity contribution in [2.75, 3.05) is 13.2 Å². The molecule has 5 nitrogen and oxygen atoms in total. The number of ether oxygens (including phenoxy) is 1. The lowest BCUT2D eigenvalue weighted by atomic mass is 10.4. The van der Waals surface area contributed by atoms with Crippen LogP contribution in [0.1, 0.15) is 0 Å². The summed E-state index contributed by atoms with van der Waals surface area (Å²) in [7, 11) is 0. The molecule has 6 heteroatoms. The van der Waals surface area contributed by atoms with Gasteiger partial charge in [0.1, 0.15) is 12.7 Å². The van der Waals surface area contributed by atoms with Crippen molar-refractivity contribution in [3.05, 3.63) is 0 Å². The Hall–Kier alpha value is -0.300. The first-order valence-corrected chi connectivity index (χ1v) is 3.40. The Balaban J connectivity index is 3.67. The molecule has 0 bridgehead atoms. The topological polar surface area (TPSA) is 87.0 Å². The van der Waals surface area contributed by atoms with E-state index in [2.05, 4.69) is 17.4 Å². The predicted molar refractivity (Wildman–Crippen MR) is 39.0 cm³/mol. The second-order valence-electron chi connectivity index (χ2n) is 1.79. The smallest absolute Gasteiger partial charge is 0.332 e. The molecule has 0 aromatic rings.